The van der Waals surface area contributed by atoms with E-state index in [1.54, 1.807) is 12.1 Å². The van der Waals surface area contributed by atoms with Crippen molar-refractivity contribution in [2.75, 3.05) is 13.1 Å². The number of amides is 1. The van der Waals surface area contributed by atoms with E-state index < -0.39 is 0 Å². The average molecular weight is 323 g/mol. The second-order valence-corrected chi connectivity index (χ2v) is 6.03. The molecule has 2 aromatic heterocycles. The Hall–Kier alpha value is -2.89. The van der Waals surface area contributed by atoms with Gasteiger partial charge in [-0.05, 0) is 25.0 Å². The molecule has 0 saturated carbocycles. The average Bonchev–Trinajstić information content (AvgIpc) is 3.06. The van der Waals surface area contributed by atoms with E-state index in [1.807, 2.05) is 29.2 Å². The molecule has 1 amide bonds. The van der Waals surface area contributed by atoms with Crippen molar-refractivity contribution < 1.29 is 13.9 Å². The molecule has 1 saturated heterocycles. The highest BCUT2D eigenvalue weighted by molar-refractivity contribution is 5.94. The molecule has 3 heterocycles. The van der Waals surface area contributed by atoms with Crippen molar-refractivity contribution in [1.82, 2.24) is 9.88 Å². The molecular weight excluding hydrogens is 306 g/mol. The lowest BCUT2D eigenvalue weighted by Crippen LogP contribution is -2.38. The fourth-order valence-electron chi connectivity index (χ4n) is 3.13. The van der Waals surface area contributed by atoms with Crippen LogP contribution in [-0.4, -0.2) is 28.9 Å². The number of para-hydroxylation sites is 2. The minimum atomic E-state index is -0.0355. The molecule has 0 bridgehead atoms. The van der Waals surface area contributed by atoms with Crippen molar-refractivity contribution in [2.24, 2.45) is 0 Å². The second kappa shape index (κ2) is 5.96. The normalized spacial score (nSPS) is 15.8. The van der Waals surface area contributed by atoms with Gasteiger partial charge in [0.05, 0.1) is 5.56 Å². The van der Waals surface area contributed by atoms with Crippen LogP contribution in [0.15, 0.2) is 53.2 Å². The lowest BCUT2D eigenvalue weighted by Gasteiger charge is -2.30. The number of carbonyl (C=O) groups excluding carboxylic acids is 1. The van der Waals surface area contributed by atoms with Crippen LogP contribution < -0.4 is 4.73 Å². The third-order valence-electron chi connectivity index (χ3n) is 4.49. The van der Waals surface area contributed by atoms with Crippen molar-refractivity contribution in [1.29, 1.82) is 0 Å². The van der Waals surface area contributed by atoms with Gasteiger partial charge in [0.15, 0.2) is 23.9 Å². The molecule has 6 heteroatoms. The van der Waals surface area contributed by atoms with Crippen LogP contribution in [0.25, 0.3) is 11.1 Å². The quantitative estimate of drug-likeness (QED) is 0.536. The number of benzene rings is 1. The van der Waals surface area contributed by atoms with Crippen molar-refractivity contribution in [2.45, 2.75) is 18.8 Å². The second-order valence-electron chi connectivity index (χ2n) is 6.03. The summed E-state index contributed by atoms with van der Waals surface area (Å²) in [6, 6.07) is 10.9. The maximum Gasteiger partial charge on any atom is 0.254 e. The van der Waals surface area contributed by atoms with Crippen molar-refractivity contribution >= 4 is 17.0 Å². The molecule has 1 fully saturated rings. The lowest BCUT2D eigenvalue weighted by atomic mass is 9.96. The van der Waals surface area contributed by atoms with Crippen molar-refractivity contribution in [3.8, 4) is 0 Å². The Labute approximate surface area is 138 Å². The monoisotopic (exact) mass is 323 g/mol. The van der Waals surface area contributed by atoms with Gasteiger partial charge in [-0.2, -0.15) is 4.73 Å². The summed E-state index contributed by atoms with van der Waals surface area (Å²) in [5.74, 6) is 0.961. The highest BCUT2D eigenvalue weighted by Crippen LogP contribution is 2.30. The van der Waals surface area contributed by atoms with Gasteiger partial charge >= 0.3 is 0 Å². The zero-order chi connectivity index (χ0) is 16.5. The topological polar surface area (TPSA) is 73.3 Å². The number of oxazole rings is 1. The third kappa shape index (κ3) is 2.71. The Morgan fingerprint density at radius 1 is 1.17 bits per heavy atom. The molecule has 4 rings (SSSR count). The number of pyridine rings is 1. The van der Waals surface area contributed by atoms with Crippen molar-refractivity contribution in [3.05, 3.63) is 65.5 Å². The summed E-state index contributed by atoms with van der Waals surface area (Å²) in [4.78, 5) is 18.9. The number of hydrogen-bond donors (Lipinski definition) is 0. The van der Waals surface area contributed by atoms with Gasteiger partial charge in [-0.25, -0.2) is 4.98 Å². The van der Waals surface area contributed by atoms with Gasteiger partial charge in [-0.1, -0.05) is 12.1 Å². The first-order valence-electron chi connectivity index (χ1n) is 8.04. The Bertz CT molecular complexity index is 832. The molecule has 0 radical (unpaired) electrons. The Morgan fingerprint density at radius 2 is 1.88 bits per heavy atom. The zero-order valence-corrected chi connectivity index (χ0v) is 13.1. The summed E-state index contributed by atoms with van der Waals surface area (Å²) in [5, 5.41) is 11.1. The van der Waals surface area contributed by atoms with Crippen LogP contribution in [0.1, 0.15) is 35.0 Å². The molecule has 122 valence electrons. The first kappa shape index (κ1) is 14.7. The van der Waals surface area contributed by atoms with E-state index in [1.165, 1.54) is 12.4 Å². The molecule has 0 N–H and O–H groups in total. The Kier molecular flexibility index (Phi) is 3.65. The van der Waals surface area contributed by atoms with Gasteiger partial charge < -0.3 is 14.5 Å². The van der Waals surface area contributed by atoms with Crippen LogP contribution in [0.4, 0.5) is 0 Å². The van der Waals surface area contributed by atoms with E-state index in [9.17, 15) is 10.0 Å². The van der Waals surface area contributed by atoms with Crippen molar-refractivity contribution in [3.63, 3.8) is 0 Å². The molecule has 1 aliphatic heterocycles. The van der Waals surface area contributed by atoms with Gasteiger partial charge in [-0.15, -0.1) is 0 Å². The predicted molar refractivity (Wildman–Crippen MR) is 87.3 cm³/mol. The lowest BCUT2D eigenvalue weighted by molar-refractivity contribution is -0.605. The summed E-state index contributed by atoms with van der Waals surface area (Å²) in [6.45, 7) is 1.32. The van der Waals surface area contributed by atoms with Gasteiger partial charge in [0.2, 0.25) is 0 Å². The van der Waals surface area contributed by atoms with Crippen LogP contribution >= 0.6 is 0 Å². The SMILES string of the molecule is O=C(c1cc[n+]([O-])cc1)N1CCC(c2nc3ccccc3o2)CC1. The van der Waals surface area contributed by atoms with E-state index in [0.717, 1.165) is 29.8 Å². The number of likely N-dealkylation sites (tertiary alicyclic amines) is 1. The first-order valence-corrected chi connectivity index (χ1v) is 8.04. The molecule has 1 aromatic carbocycles. The zero-order valence-electron chi connectivity index (χ0n) is 13.1. The van der Waals surface area contributed by atoms with E-state index in [2.05, 4.69) is 4.98 Å². The standard InChI is InChI=1S/C18H17N3O3/c22-18(14-7-11-21(23)12-8-14)20-9-5-13(6-10-20)17-19-15-3-1-2-4-16(15)24-17/h1-4,7-8,11-13H,5-6,9-10H2. The van der Waals surface area contributed by atoms with Crippen LogP contribution in [0, 0.1) is 5.21 Å². The number of piperidine rings is 1. The summed E-state index contributed by atoms with van der Waals surface area (Å²) in [6.07, 6.45) is 4.34. The molecule has 0 spiro atoms. The van der Waals surface area contributed by atoms with Gasteiger partial charge in [-0.3, -0.25) is 4.79 Å². The molecule has 1 aliphatic rings. The van der Waals surface area contributed by atoms with Gasteiger partial charge in [0, 0.05) is 31.1 Å². The highest BCUT2D eigenvalue weighted by Gasteiger charge is 2.27. The largest absolute Gasteiger partial charge is 0.619 e. The van der Waals surface area contributed by atoms with Crippen LogP contribution in [0.5, 0.6) is 0 Å². The predicted octanol–water partition coefficient (Wildman–Crippen LogP) is 2.48. The molecule has 24 heavy (non-hydrogen) atoms. The number of rotatable bonds is 2. The molecule has 3 aromatic rings. The Balaban J connectivity index is 1.44. The van der Waals surface area contributed by atoms with Crippen LogP contribution in [0.2, 0.25) is 0 Å². The Morgan fingerprint density at radius 3 is 2.58 bits per heavy atom. The van der Waals surface area contributed by atoms with E-state index in [0.29, 0.717) is 23.4 Å². The maximum atomic E-state index is 12.5. The van der Waals surface area contributed by atoms with Gasteiger partial charge in [0.25, 0.3) is 5.91 Å². The minimum Gasteiger partial charge on any atom is -0.619 e. The van der Waals surface area contributed by atoms with Gasteiger partial charge in [0.1, 0.15) is 5.52 Å². The van der Waals surface area contributed by atoms with E-state index >= 15 is 0 Å². The molecular formula is C18H17N3O3. The van der Waals surface area contributed by atoms with E-state index in [4.69, 9.17) is 4.42 Å². The minimum absolute atomic E-state index is 0.0355. The van der Waals surface area contributed by atoms with E-state index in [-0.39, 0.29) is 11.8 Å². The molecule has 0 aliphatic carbocycles. The maximum absolute atomic E-state index is 12.5. The molecule has 6 nitrogen and oxygen atoms in total. The van der Waals surface area contributed by atoms with Crippen LogP contribution in [-0.2, 0) is 0 Å². The summed E-state index contributed by atoms with van der Waals surface area (Å²) in [7, 11) is 0. The highest BCUT2D eigenvalue weighted by atomic mass is 16.5. The summed E-state index contributed by atoms with van der Waals surface area (Å²) >= 11 is 0. The number of hydrogen-bond acceptors (Lipinski definition) is 4. The molecule has 0 unspecified atom stereocenters. The number of carbonyl (C=O) groups is 1. The summed E-state index contributed by atoms with van der Waals surface area (Å²) < 4.78 is 6.53. The first-order chi connectivity index (χ1) is 11.7. The third-order valence-corrected chi connectivity index (χ3v) is 4.49. The number of nitrogens with zero attached hydrogens (tertiary/aromatic N) is 3. The number of fused-ring (bicyclic) bond motifs is 1. The summed E-state index contributed by atoms with van der Waals surface area (Å²) in [5.41, 5.74) is 2.23. The fourth-order valence-corrected chi connectivity index (χ4v) is 3.13. The smallest absolute Gasteiger partial charge is 0.254 e. The fraction of sp³-hybridized carbons (Fsp3) is 0.278. The number of aromatic nitrogens is 2. The van der Waals surface area contributed by atoms with Crippen LogP contribution in [0.3, 0.4) is 0 Å². The molecule has 0 atom stereocenters.